The molecule has 0 atom stereocenters. The molecule has 2 aromatic rings. The molecule has 0 amide bonds. The van der Waals surface area contributed by atoms with E-state index in [1.165, 1.54) is 23.8 Å². The first-order valence-corrected chi connectivity index (χ1v) is 11.4. The number of benzene rings is 2. The second kappa shape index (κ2) is 8.11. The van der Waals surface area contributed by atoms with Crippen molar-refractivity contribution in [3.8, 4) is 11.1 Å². The number of ether oxygens (including phenoxy) is 1. The predicted molar refractivity (Wildman–Crippen MR) is 124 cm³/mol. The Kier molecular flexibility index (Phi) is 5.78. The van der Waals surface area contributed by atoms with Gasteiger partial charge in [-0.3, -0.25) is 4.79 Å². The zero-order valence-corrected chi connectivity index (χ0v) is 19.3. The van der Waals surface area contributed by atoms with Gasteiger partial charge < -0.3 is 14.4 Å². The van der Waals surface area contributed by atoms with Crippen molar-refractivity contribution < 1.29 is 19.2 Å². The Hall–Kier alpha value is -2.11. The Morgan fingerprint density at radius 1 is 1.06 bits per heavy atom. The first kappa shape index (κ1) is 22.1. The number of rotatable bonds is 7. The molecule has 4 nitrogen and oxygen atoms in total. The summed E-state index contributed by atoms with van der Waals surface area (Å²) >= 11 is 0. The van der Waals surface area contributed by atoms with E-state index in [4.69, 9.17) is 9.39 Å². The maximum atomic E-state index is 12.2. The molecule has 0 heterocycles. The van der Waals surface area contributed by atoms with Crippen LogP contribution in [0.1, 0.15) is 63.6 Å². The van der Waals surface area contributed by atoms with Crippen molar-refractivity contribution in [1.82, 2.24) is 0 Å². The van der Waals surface area contributed by atoms with Crippen LogP contribution in [0.2, 0.25) is 0 Å². The van der Waals surface area contributed by atoms with Crippen LogP contribution in [0.5, 0.6) is 0 Å². The molecule has 2 aliphatic rings. The minimum atomic E-state index is -0.921. The number of hydrogen-bond donors (Lipinski definition) is 1. The molecule has 0 aromatic heterocycles. The molecule has 0 aliphatic heterocycles. The minimum Gasteiger partial charge on any atom is -0.468 e. The Morgan fingerprint density at radius 2 is 1.71 bits per heavy atom. The predicted octanol–water partition coefficient (Wildman–Crippen LogP) is 4.19. The number of hydrogen-bond acceptors (Lipinski definition) is 4. The highest BCUT2D eigenvalue weighted by molar-refractivity contribution is 6.60. The number of methoxy groups -OCH3 is 1. The van der Waals surface area contributed by atoms with Crippen molar-refractivity contribution in [2.75, 3.05) is 7.11 Å². The largest absolute Gasteiger partial charge is 0.491 e. The third-order valence-electron chi connectivity index (χ3n) is 7.47. The highest BCUT2D eigenvalue weighted by Gasteiger charge is 2.52. The van der Waals surface area contributed by atoms with Gasteiger partial charge >= 0.3 is 13.1 Å². The maximum Gasteiger partial charge on any atom is 0.491 e. The lowest BCUT2D eigenvalue weighted by molar-refractivity contribution is -0.143. The minimum absolute atomic E-state index is 0.135. The molecule has 0 spiro atoms. The summed E-state index contributed by atoms with van der Waals surface area (Å²) in [6.07, 6.45) is 4.77. The fraction of sp³-hybridized carbons (Fsp3) is 0.500. The van der Waals surface area contributed by atoms with Crippen LogP contribution in [0.15, 0.2) is 36.4 Å². The summed E-state index contributed by atoms with van der Waals surface area (Å²) in [5.74, 6) is 0.163. The van der Waals surface area contributed by atoms with Gasteiger partial charge in [0.05, 0.1) is 18.1 Å². The van der Waals surface area contributed by atoms with Gasteiger partial charge in [-0.25, -0.2) is 0 Å². The molecule has 1 saturated carbocycles. The lowest BCUT2D eigenvalue weighted by atomic mass is 9.72. The van der Waals surface area contributed by atoms with Gasteiger partial charge in [0.15, 0.2) is 0 Å². The van der Waals surface area contributed by atoms with Gasteiger partial charge in [0.25, 0.3) is 0 Å². The van der Waals surface area contributed by atoms with Crippen LogP contribution < -0.4 is 5.46 Å². The van der Waals surface area contributed by atoms with E-state index in [-0.39, 0.29) is 5.97 Å². The van der Waals surface area contributed by atoms with E-state index < -0.39 is 18.1 Å². The number of carbonyl (C=O) groups excluding carboxylic acids is 1. The van der Waals surface area contributed by atoms with E-state index in [0.29, 0.717) is 5.92 Å². The molecule has 0 bridgehead atoms. The fourth-order valence-corrected chi connectivity index (χ4v) is 4.62. The maximum absolute atomic E-state index is 12.2. The normalized spacial score (nSPS) is 16.9. The van der Waals surface area contributed by atoms with Crippen LogP contribution in [-0.2, 0) is 32.4 Å². The van der Waals surface area contributed by atoms with E-state index in [2.05, 4.69) is 44.2 Å². The summed E-state index contributed by atoms with van der Waals surface area (Å²) in [5, 5.41) is 10.9. The van der Waals surface area contributed by atoms with Crippen LogP contribution in [0, 0.1) is 5.92 Å². The molecule has 2 aliphatic carbocycles. The van der Waals surface area contributed by atoms with Crippen LogP contribution in [0.25, 0.3) is 11.1 Å². The monoisotopic (exact) mass is 420 g/mol. The van der Waals surface area contributed by atoms with Gasteiger partial charge in [0, 0.05) is 0 Å². The van der Waals surface area contributed by atoms with Crippen molar-refractivity contribution in [1.29, 1.82) is 0 Å². The molecule has 0 saturated heterocycles. The van der Waals surface area contributed by atoms with Crippen LogP contribution in [0.3, 0.4) is 0 Å². The molecule has 1 N–H and O–H groups in total. The topological polar surface area (TPSA) is 55.8 Å². The summed E-state index contributed by atoms with van der Waals surface area (Å²) in [5.41, 5.74) is 5.97. The lowest BCUT2D eigenvalue weighted by Gasteiger charge is -2.32. The van der Waals surface area contributed by atoms with Gasteiger partial charge in [-0.05, 0) is 85.1 Å². The first-order chi connectivity index (χ1) is 14.7. The van der Waals surface area contributed by atoms with E-state index >= 15 is 0 Å². The fourth-order valence-electron chi connectivity index (χ4n) is 4.62. The summed E-state index contributed by atoms with van der Waals surface area (Å²) in [6.45, 7) is 8.27. The average molecular weight is 420 g/mol. The van der Waals surface area contributed by atoms with Crippen LogP contribution >= 0.6 is 0 Å². The average Bonchev–Trinajstić information content (AvgIpc) is 3.41. The van der Waals surface area contributed by atoms with Gasteiger partial charge in [0.2, 0.25) is 0 Å². The molecule has 2 aromatic carbocycles. The smallest absolute Gasteiger partial charge is 0.468 e. The number of fused-ring (bicyclic) bond motifs is 1. The number of carbonyl (C=O) groups is 1. The third kappa shape index (κ3) is 3.94. The van der Waals surface area contributed by atoms with Gasteiger partial charge in [-0.2, -0.15) is 0 Å². The van der Waals surface area contributed by atoms with Crippen LogP contribution in [-0.4, -0.2) is 30.8 Å². The molecule has 4 rings (SSSR count). The quantitative estimate of drug-likeness (QED) is 0.539. The Labute approximate surface area is 186 Å². The standard InChI is InChI=1S/C26H33BO4/c1-17(2)25(3,4)31-27(29)23-14-13-20(21-7-6-8-22(21)23)18-9-11-19(12-10-18)26(15-16-26)24(28)30-5/h9-14,17,29H,6-8,15-16H2,1-5H3. The summed E-state index contributed by atoms with van der Waals surface area (Å²) in [6, 6.07) is 12.5. The second-order valence-electron chi connectivity index (χ2n) is 9.89. The zero-order chi connectivity index (χ0) is 22.4. The molecule has 5 heteroatoms. The Bertz CT molecular complexity index is 974. The van der Waals surface area contributed by atoms with Crippen molar-refractivity contribution in [3.63, 3.8) is 0 Å². The molecule has 0 unspecified atom stereocenters. The Balaban J connectivity index is 1.63. The van der Waals surface area contributed by atoms with Crippen molar-refractivity contribution in [2.45, 2.75) is 70.8 Å². The second-order valence-corrected chi connectivity index (χ2v) is 9.89. The van der Waals surface area contributed by atoms with Crippen molar-refractivity contribution in [2.24, 2.45) is 5.92 Å². The van der Waals surface area contributed by atoms with Gasteiger partial charge in [-0.15, -0.1) is 0 Å². The summed E-state index contributed by atoms with van der Waals surface area (Å²) in [4.78, 5) is 12.2. The van der Waals surface area contributed by atoms with Crippen molar-refractivity contribution in [3.05, 3.63) is 53.1 Å². The molecule has 0 radical (unpaired) electrons. The SMILES string of the molecule is COC(=O)C1(c2ccc(-c3ccc(B(O)OC(C)(C)C(C)C)c4c3CCC4)cc2)CC1. The van der Waals surface area contributed by atoms with Gasteiger partial charge in [0.1, 0.15) is 0 Å². The van der Waals surface area contributed by atoms with Crippen molar-refractivity contribution >= 4 is 18.6 Å². The van der Waals surface area contributed by atoms with E-state index in [1.807, 2.05) is 19.9 Å². The summed E-state index contributed by atoms with van der Waals surface area (Å²) in [7, 11) is 0.539. The molecular formula is C26H33BO4. The lowest BCUT2D eigenvalue weighted by Crippen LogP contribution is -2.45. The van der Waals surface area contributed by atoms with Gasteiger partial charge in [-0.1, -0.05) is 50.2 Å². The molecule has 1 fully saturated rings. The molecule has 164 valence electrons. The highest BCUT2D eigenvalue weighted by atomic mass is 16.5. The molecule has 31 heavy (non-hydrogen) atoms. The zero-order valence-electron chi connectivity index (χ0n) is 19.3. The van der Waals surface area contributed by atoms with E-state index in [1.54, 1.807) is 0 Å². The third-order valence-corrected chi connectivity index (χ3v) is 7.47. The van der Waals surface area contributed by atoms with E-state index in [0.717, 1.165) is 48.7 Å². The molecular weight excluding hydrogens is 387 g/mol. The number of esters is 1. The van der Waals surface area contributed by atoms with E-state index in [9.17, 15) is 9.82 Å². The highest BCUT2D eigenvalue weighted by Crippen LogP contribution is 2.49. The van der Waals surface area contributed by atoms with Crippen LogP contribution in [0.4, 0.5) is 0 Å². The summed E-state index contributed by atoms with van der Waals surface area (Å²) < 4.78 is 11.1. The Morgan fingerprint density at radius 3 is 2.29 bits per heavy atom. The first-order valence-electron chi connectivity index (χ1n) is 11.4.